The minimum atomic E-state index is -0.721. The van der Waals surface area contributed by atoms with Gasteiger partial charge in [-0.1, -0.05) is 25.1 Å². The number of amides is 3. The van der Waals surface area contributed by atoms with E-state index in [9.17, 15) is 19.5 Å². The number of hydrogen-bond donors (Lipinski definition) is 3. The summed E-state index contributed by atoms with van der Waals surface area (Å²) in [7, 11) is 0. The summed E-state index contributed by atoms with van der Waals surface area (Å²) in [4.78, 5) is 42.3. The van der Waals surface area contributed by atoms with E-state index in [0.29, 0.717) is 5.69 Å². The van der Waals surface area contributed by atoms with Gasteiger partial charge >= 0.3 is 0 Å². The molecule has 0 saturated carbocycles. The van der Waals surface area contributed by atoms with Gasteiger partial charge in [-0.3, -0.25) is 14.4 Å². The Morgan fingerprint density at radius 1 is 1.25 bits per heavy atom. The average Bonchev–Trinajstić information content (AvgIpc) is 3.30. The number of anilines is 1. The summed E-state index contributed by atoms with van der Waals surface area (Å²) < 4.78 is -0.681. The molecule has 7 atom stereocenters. The summed E-state index contributed by atoms with van der Waals surface area (Å²) in [5.74, 6) is -1.58. The van der Waals surface area contributed by atoms with E-state index in [-0.39, 0.29) is 35.5 Å². The predicted molar refractivity (Wildman–Crippen MR) is 125 cm³/mol. The van der Waals surface area contributed by atoms with Gasteiger partial charge in [-0.25, -0.2) is 0 Å². The SMILES string of the molecule is CC1C[C@@H]2SC13C(C(=O)NC(C)(C)C)N([C@H](C)CO)C(=O)[C@@H]3[C@@H]2C(=O)Nc1ccccc1. The first-order valence-electron chi connectivity index (χ1n) is 11.3. The Morgan fingerprint density at radius 2 is 1.91 bits per heavy atom. The number of rotatable bonds is 5. The van der Waals surface area contributed by atoms with Crippen molar-refractivity contribution in [1.29, 1.82) is 0 Å². The second-order valence-electron chi connectivity index (χ2n) is 10.4. The standard InChI is InChI=1S/C24H33N3O4S/c1-13-11-16-17(20(29)25-15-9-7-6-8-10-15)18-22(31)27(14(2)12-28)19(24(13,18)32-16)21(30)26-23(3,4)5/h6-10,13-14,16-19,28H,11-12H2,1-5H3,(H,25,29)(H,26,30)/t13?,14-,16+,17-,18+,19?,24?/m1/s1. The van der Waals surface area contributed by atoms with Crippen molar-refractivity contribution in [3.8, 4) is 0 Å². The van der Waals surface area contributed by atoms with E-state index in [0.717, 1.165) is 6.42 Å². The van der Waals surface area contributed by atoms with Crippen LogP contribution in [-0.2, 0) is 14.4 Å². The van der Waals surface area contributed by atoms with Crippen molar-refractivity contribution >= 4 is 35.2 Å². The molecule has 3 saturated heterocycles. The van der Waals surface area contributed by atoms with Crippen molar-refractivity contribution in [2.75, 3.05) is 11.9 Å². The molecule has 3 N–H and O–H groups in total. The van der Waals surface area contributed by atoms with Crippen molar-refractivity contribution in [2.45, 2.75) is 68.7 Å². The Bertz CT molecular complexity index is 918. The van der Waals surface area contributed by atoms with Gasteiger partial charge in [-0.2, -0.15) is 0 Å². The Kier molecular flexibility index (Phi) is 5.82. The lowest BCUT2D eigenvalue weighted by Crippen LogP contribution is -2.60. The van der Waals surface area contributed by atoms with E-state index in [1.807, 2.05) is 51.1 Å². The largest absolute Gasteiger partial charge is 0.394 e. The van der Waals surface area contributed by atoms with Crippen LogP contribution in [0.1, 0.15) is 41.0 Å². The lowest BCUT2D eigenvalue weighted by molar-refractivity contribution is -0.142. The molecule has 1 spiro atoms. The topological polar surface area (TPSA) is 98.7 Å². The molecule has 3 aliphatic rings. The maximum atomic E-state index is 13.8. The number of aliphatic hydroxyl groups is 1. The van der Waals surface area contributed by atoms with E-state index in [2.05, 4.69) is 17.6 Å². The van der Waals surface area contributed by atoms with Crippen LogP contribution in [0.5, 0.6) is 0 Å². The molecule has 1 aromatic carbocycles. The number of hydrogen-bond acceptors (Lipinski definition) is 5. The van der Waals surface area contributed by atoms with Crippen molar-refractivity contribution in [3.63, 3.8) is 0 Å². The molecule has 3 amide bonds. The van der Waals surface area contributed by atoms with Gasteiger partial charge in [0.15, 0.2) is 0 Å². The second-order valence-corrected chi connectivity index (χ2v) is 12.0. The third-order valence-electron chi connectivity index (χ3n) is 7.01. The van der Waals surface area contributed by atoms with Crippen LogP contribution >= 0.6 is 11.8 Å². The van der Waals surface area contributed by atoms with Crippen LogP contribution in [0.2, 0.25) is 0 Å². The fraction of sp³-hybridized carbons (Fsp3) is 0.625. The van der Waals surface area contributed by atoms with Gasteiger partial charge < -0.3 is 20.6 Å². The molecule has 2 bridgehead atoms. The molecule has 3 unspecified atom stereocenters. The molecular weight excluding hydrogens is 426 g/mol. The number of nitrogens with one attached hydrogen (secondary N) is 2. The lowest BCUT2D eigenvalue weighted by atomic mass is 9.65. The van der Waals surface area contributed by atoms with E-state index < -0.39 is 34.2 Å². The van der Waals surface area contributed by atoms with Crippen LogP contribution in [0.4, 0.5) is 5.69 Å². The van der Waals surface area contributed by atoms with Crippen molar-refractivity contribution < 1.29 is 19.5 Å². The monoisotopic (exact) mass is 459 g/mol. The van der Waals surface area contributed by atoms with Crippen LogP contribution in [-0.4, -0.2) is 62.0 Å². The number of thioether (sulfide) groups is 1. The third kappa shape index (κ3) is 3.52. The molecule has 1 aromatic rings. The lowest BCUT2D eigenvalue weighted by Gasteiger charge is -2.40. The summed E-state index contributed by atoms with van der Waals surface area (Å²) in [5.41, 5.74) is 0.234. The maximum absolute atomic E-state index is 13.8. The Morgan fingerprint density at radius 3 is 2.50 bits per heavy atom. The van der Waals surface area contributed by atoms with Gasteiger partial charge in [0.25, 0.3) is 0 Å². The highest BCUT2D eigenvalue weighted by Gasteiger charge is 2.76. The van der Waals surface area contributed by atoms with Crippen LogP contribution in [0.3, 0.4) is 0 Å². The molecule has 32 heavy (non-hydrogen) atoms. The Balaban J connectivity index is 1.73. The molecule has 8 heteroatoms. The number of fused-ring (bicyclic) bond motifs is 1. The van der Waals surface area contributed by atoms with Crippen molar-refractivity contribution in [1.82, 2.24) is 10.2 Å². The molecular formula is C24H33N3O4S. The van der Waals surface area contributed by atoms with Gasteiger partial charge in [0.2, 0.25) is 17.7 Å². The zero-order chi connectivity index (χ0) is 23.4. The Hall–Kier alpha value is -2.06. The van der Waals surface area contributed by atoms with Crippen LogP contribution < -0.4 is 10.6 Å². The summed E-state index contributed by atoms with van der Waals surface area (Å²) in [6, 6.07) is 8.01. The van der Waals surface area contributed by atoms with Crippen LogP contribution in [0.15, 0.2) is 30.3 Å². The highest BCUT2D eigenvalue weighted by atomic mass is 32.2. The number of nitrogens with zero attached hydrogens (tertiary/aromatic N) is 1. The molecule has 0 radical (unpaired) electrons. The van der Waals surface area contributed by atoms with E-state index >= 15 is 0 Å². The number of aliphatic hydroxyl groups excluding tert-OH is 1. The molecule has 7 nitrogen and oxygen atoms in total. The van der Waals surface area contributed by atoms with E-state index in [4.69, 9.17) is 0 Å². The van der Waals surface area contributed by atoms with Crippen molar-refractivity contribution in [2.24, 2.45) is 17.8 Å². The van der Waals surface area contributed by atoms with E-state index in [1.54, 1.807) is 23.6 Å². The number of benzene rings is 1. The number of likely N-dealkylation sites (tertiary alicyclic amines) is 1. The summed E-state index contributed by atoms with van der Waals surface area (Å²) >= 11 is 1.64. The summed E-state index contributed by atoms with van der Waals surface area (Å²) in [5, 5.41) is 15.9. The molecule has 4 rings (SSSR count). The predicted octanol–water partition coefficient (Wildman–Crippen LogP) is 2.26. The minimum Gasteiger partial charge on any atom is -0.394 e. The highest BCUT2D eigenvalue weighted by Crippen LogP contribution is 2.68. The molecule has 0 aliphatic carbocycles. The number of carbonyl (C=O) groups excluding carboxylic acids is 3. The average molecular weight is 460 g/mol. The van der Waals surface area contributed by atoms with Gasteiger partial charge in [-0.05, 0) is 52.2 Å². The third-order valence-corrected chi connectivity index (χ3v) is 9.09. The van der Waals surface area contributed by atoms with Gasteiger partial charge in [0.05, 0.1) is 29.2 Å². The quantitative estimate of drug-likeness (QED) is 0.627. The molecule has 0 aromatic heterocycles. The highest BCUT2D eigenvalue weighted by molar-refractivity contribution is 8.02. The van der Waals surface area contributed by atoms with E-state index in [1.165, 1.54) is 0 Å². The first-order chi connectivity index (χ1) is 15.0. The Labute approximate surface area is 193 Å². The normalized spacial score (nSPS) is 34.4. The first-order valence-corrected chi connectivity index (χ1v) is 12.2. The summed E-state index contributed by atoms with van der Waals surface area (Å²) in [6.45, 7) is 9.34. The zero-order valence-electron chi connectivity index (χ0n) is 19.3. The maximum Gasteiger partial charge on any atom is 0.244 e. The van der Waals surface area contributed by atoms with Gasteiger partial charge in [0.1, 0.15) is 6.04 Å². The smallest absolute Gasteiger partial charge is 0.244 e. The van der Waals surface area contributed by atoms with Gasteiger partial charge in [-0.15, -0.1) is 11.8 Å². The number of para-hydroxylation sites is 1. The molecule has 3 fully saturated rings. The van der Waals surface area contributed by atoms with Gasteiger partial charge in [0, 0.05) is 16.5 Å². The molecule has 3 heterocycles. The first kappa shape index (κ1) is 23.1. The fourth-order valence-electron chi connectivity index (χ4n) is 5.81. The zero-order valence-corrected chi connectivity index (χ0v) is 20.1. The molecule has 3 aliphatic heterocycles. The molecule has 174 valence electrons. The fourth-order valence-corrected chi connectivity index (χ4v) is 8.21. The van der Waals surface area contributed by atoms with Crippen molar-refractivity contribution in [3.05, 3.63) is 30.3 Å². The number of carbonyl (C=O) groups is 3. The second kappa shape index (κ2) is 8.06. The minimum absolute atomic E-state index is 0.0146. The van der Waals surface area contributed by atoms with Crippen LogP contribution in [0, 0.1) is 17.8 Å². The van der Waals surface area contributed by atoms with Crippen LogP contribution in [0.25, 0.3) is 0 Å². The summed E-state index contributed by atoms with van der Waals surface area (Å²) in [6.07, 6.45) is 0.780.